The monoisotopic (exact) mass is 430 g/mol. The van der Waals surface area contributed by atoms with E-state index in [0.717, 1.165) is 27.3 Å². The molecule has 0 saturated heterocycles. The predicted molar refractivity (Wildman–Crippen MR) is 127 cm³/mol. The van der Waals surface area contributed by atoms with Crippen LogP contribution in [0.25, 0.3) is 26.9 Å². The first-order valence-electron chi connectivity index (χ1n) is 9.74. The number of benzene rings is 3. The first-order chi connectivity index (χ1) is 15.1. The normalized spacial score (nSPS) is 11.1. The fourth-order valence-electron chi connectivity index (χ4n) is 3.16. The van der Waals surface area contributed by atoms with E-state index in [-0.39, 0.29) is 5.91 Å². The summed E-state index contributed by atoms with van der Waals surface area (Å²) in [4.78, 5) is 17.0. The van der Waals surface area contributed by atoms with Crippen LogP contribution >= 0.6 is 11.3 Å². The van der Waals surface area contributed by atoms with Gasteiger partial charge in [-0.15, -0.1) is 11.3 Å². The highest BCUT2D eigenvalue weighted by Crippen LogP contribution is 2.31. The molecule has 1 heterocycles. The number of hydrogen-bond acceptors (Lipinski definition) is 5. The number of thiazole rings is 1. The van der Waals surface area contributed by atoms with Gasteiger partial charge in [-0.3, -0.25) is 4.79 Å². The molecule has 1 amide bonds. The third-order valence-corrected chi connectivity index (χ3v) is 5.85. The van der Waals surface area contributed by atoms with Gasteiger partial charge in [0.15, 0.2) is 11.5 Å². The van der Waals surface area contributed by atoms with Crippen LogP contribution in [0, 0.1) is 6.92 Å². The number of fused-ring (bicyclic) bond motifs is 1. The summed E-state index contributed by atoms with van der Waals surface area (Å²) >= 11 is 1.67. The Morgan fingerprint density at radius 3 is 2.48 bits per heavy atom. The van der Waals surface area contributed by atoms with Crippen molar-refractivity contribution < 1.29 is 14.3 Å². The van der Waals surface area contributed by atoms with Crippen molar-refractivity contribution in [3.05, 3.63) is 77.9 Å². The Balaban J connectivity index is 1.43. The third kappa shape index (κ3) is 4.75. The molecule has 0 saturated carbocycles. The number of rotatable bonds is 6. The molecule has 6 heteroatoms. The number of ether oxygens (including phenoxy) is 2. The van der Waals surface area contributed by atoms with E-state index >= 15 is 0 Å². The predicted octanol–water partition coefficient (Wildman–Crippen LogP) is 5.94. The van der Waals surface area contributed by atoms with E-state index in [1.54, 1.807) is 37.7 Å². The lowest BCUT2D eigenvalue weighted by Crippen LogP contribution is -2.07. The average Bonchev–Trinajstić information content (AvgIpc) is 3.21. The van der Waals surface area contributed by atoms with Gasteiger partial charge in [-0.2, -0.15) is 0 Å². The molecular formula is C25H22N2O3S. The summed E-state index contributed by atoms with van der Waals surface area (Å²) < 4.78 is 11.7. The smallest absolute Gasteiger partial charge is 0.248 e. The summed E-state index contributed by atoms with van der Waals surface area (Å²) in [7, 11) is 3.17. The van der Waals surface area contributed by atoms with E-state index in [9.17, 15) is 4.79 Å². The number of hydrogen-bond donors (Lipinski definition) is 1. The fourth-order valence-corrected chi connectivity index (χ4v) is 4.23. The first kappa shape index (κ1) is 20.6. The minimum Gasteiger partial charge on any atom is -0.493 e. The zero-order valence-electron chi connectivity index (χ0n) is 17.5. The number of nitrogens with zero attached hydrogens (tertiary/aromatic N) is 1. The Hall–Kier alpha value is -3.64. The van der Waals surface area contributed by atoms with Crippen LogP contribution in [-0.2, 0) is 4.79 Å². The lowest BCUT2D eigenvalue weighted by molar-refractivity contribution is -0.111. The summed E-state index contributed by atoms with van der Waals surface area (Å²) in [5, 5.41) is 3.84. The highest BCUT2D eigenvalue weighted by atomic mass is 32.1. The van der Waals surface area contributed by atoms with E-state index in [2.05, 4.69) is 24.4 Å². The molecule has 0 unspecified atom stereocenters. The SMILES string of the molecule is COc1ccc(/C=C/C(=O)Nc2ccc(-c3nc4ccc(C)cc4s3)cc2)cc1OC. The lowest BCUT2D eigenvalue weighted by atomic mass is 10.2. The van der Waals surface area contributed by atoms with E-state index in [4.69, 9.17) is 14.5 Å². The topological polar surface area (TPSA) is 60.5 Å². The summed E-state index contributed by atoms with van der Waals surface area (Å²) in [6.07, 6.45) is 3.22. The quantitative estimate of drug-likeness (QED) is 0.385. The molecule has 1 N–H and O–H groups in total. The number of amides is 1. The van der Waals surface area contributed by atoms with Crippen LogP contribution in [0.15, 0.2) is 66.7 Å². The van der Waals surface area contributed by atoms with Gasteiger partial charge in [0.25, 0.3) is 0 Å². The summed E-state index contributed by atoms with van der Waals surface area (Å²) in [6.45, 7) is 2.08. The molecule has 31 heavy (non-hydrogen) atoms. The van der Waals surface area contributed by atoms with Gasteiger partial charge in [-0.05, 0) is 72.7 Å². The zero-order valence-corrected chi connectivity index (χ0v) is 18.3. The highest BCUT2D eigenvalue weighted by molar-refractivity contribution is 7.21. The molecule has 4 aromatic rings. The number of methoxy groups -OCH3 is 2. The first-order valence-corrected chi connectivity index (χ1v) is 10.6. The Labute approximate surface area is 185 Å². The Morgan fingerprint density at radius 1 is 0.968 bits per heavy atom. The van der Waals surface area contributed by atoms with Crippen molar-refractivity contribution in [1.82, 2.24) is 4.98 Å². The van der Waals surface area contributed by atoms with Gasteiger partial charge in [0.2, 0.25) is 5.91 Å². The van der Waals surface area contributed by atoms with Crippen LogP contribution in [0.4, 0.5) is 5.69 Å². The van der Waals surface area contributed by atoms with Crippen molar-refractivity contribution in [1.29, 1.82) is 0 Å². The molecule has 4 rings (SSSR count). The Bertz CT molecular complexity index is 1260. The maximum absolute atomic E-state index is 12.3. The molecule has 0 fully saturated rings. The number of aromatic nitrogens is 1. The van der Waals surface area contributed by atoms with E-state index < -0.39 is 0 Å². The molecule has 156 valence electrons. The molecule has 0 aliphatic rings. The Kier molecular flexibility index (Phi) is 6.00. The second-order valence-electron chi connectivity index (χ2n) is 7.00. The molecule has 0 bridgehead atoms. The van der Waals surface area contributed by atoms with Gasteiger partial charge in [-0.25, -0.2) is 4.98 Å². The van der Waals surface area contributed by atoms with Crippen LogP contribution < -0.4 is 14.8 Å². The molecule has 0 aliphatic carbocycles. The molecule has 0 aliphatic heterocycles. The maximum atomic E-state index is 12.3. The number of carbonyl (C=O) groups excluding carboxylic acids is 1. The summed E-state index contributed by atoms with van der Waals surface area (Å²) in [6, 6.07) is 19.5. The average molecular weight is 431 g/mol. The number of anilines is 1. The minimum absolute atomic E-state index is 0.210. The number of carbonyl (C=O) groups is 1. The van der Waals surface area contributed by atoms with Gasteiger partial charge in [0, 0.05) is 17.3 Å². The largest absolute Gasteiger partial charge is 0.493 e. The van der Waals surface area contributed by atoms with Gasteiger partial charge in [0.1, 0.15) is 5.01 Å². The van der Waals surface area contributed by atoms with E-state index in [1.165, 1.54) is 16.3 Å². The summed E-state index contributed by atoms with van der Waals surface area (Å²) in [5.41, 5.74) is 4.82. The van der Waals surface area contributed by atoms with Gasteiger partial charge in [0.05, 0.1) is 24.4 Å². The van der Waals surface area contributed by atoms with Crippen molar-refractivity contribution in [3.8, 4) is 22.1 Å². The lowest BCUT2D eigenvalue weighted by Gasteiger charge is -2.07. The standard InChI is InChI=1S/C25H22N2O3S/c1-16-4-11-20-23(14-16)31-25(27-20)18-7-9-19(10-8-18)26-24(28)13-6-17-5-12-21(29-2)22(15-17)30-3/h4-15H,1-3H3,(H,26,28)/b13-6+. The van der Waals surface area contributed by atoms with E-state index in [1.807, 2.05) is 42.5 Å². The Morgan fingerprint density at radius 2 is 1.74 bits per heavy atom. The second-order valence-corrected chi connectivity index (χ2v) is 8.04. The zero-order chi connectivity index (χ0) is 21.8. The molecular weight excluding hydrogens is 408 g/mol. The molecule has 0 spiro atoms. The van der Waals surface area contributed by atoms with Gasteiger partial charge < -0.3 is 14.8 Å². The van der Waals surface area contributed by atoms with Crippen molar-refractivity contribution in [2.45, 2.75) is 6.92 Å². The number of nitrogens with one attached hydrogen (secondary N) is 1. The van der Waals surface area contributed by atoms with Crippen molar-refractivity contribution in [3.63, 3.8) is 0 Å². The minimum atomic E-state index is -0.210. The second kappa shape index (κ2) is 9.02. The van der Waals surface area contributed by atoms with Crippen LogP contribution in [0.3, 0.4) is 0 Å². The van der Waals surface area contributed by atoms with Crippen LogP contribution in [-0.4, -0.2) is 25.1 Å². The van der Waals surface area contributed by atoms with Crippen LogP contribution in [0.2, 0.25) is 0 Å². The molecule has 5 nitrogen and oxygen atoms in total. The fraction of sp³-hybridized carbons (Fsp3) is 0.120. The molecule has 3 aromatic carbocycles. The van der Waals surface area contributed by atoms with Gasteiger partial charge >= 0.3 is 0 Å². The van der Waals surface area contributed by atoms with Crippen molar-refractivity contribution in [2.75, 3.05) is 19.5 Å². The molecule has 0 radical (unpaired) electrons. The highest BCUT2D eigenvalue weighted by Gasteiger charge is 2.07. The van der Waals surface area contributed by atoms with E-state index in [0.29, 0.717) is 11.5 Å². The van der Waals surface area contributed by atoms with Crippen molar-refractivity contribution in [2.24, 2.45) is 0 Å². The van der Waals surface area contributed by atoms with Gasteiger partial charge in [-0.1, -0.05) is 12.1 Å². The summed E-state index contributed by atoms with van der Waals surface area (Å²) in [5.74, 6) is 1.05. The van der Waals surface area contributed by atoms with Crippen molar-refractivity contribution >= 4 is 39.2 Å². The van der Waals surface area contributed by atoms with Crippen LogP contribution in [0.1, 0.15) is 11.1 Å². The van der Waals surface area contributed by atoms with Crippen LogP contribution in [0.5, 0.6) is 11.5 Å². The third-order valence-electron chi connectivity index (χ3n) is 4.78. The maximum Gasteiger partial charge on any atom is 0.248 e. The number of aryl methyl sites for hydroxylation is 1. The molecule has 0 atom stereocenters. The molecule has 1 aromatic heterocycles.